The summed E-state index contributed by atoms with van der Waals surface area (Å²) < 4.78 is 29.0. The van der Waals surface area contributed by atoms with Crippen LogP contribution in [0.2, 0.25) is 0 Å². The molecule has 2 aliphatic rings. The molecular formula is C28H24BF2N3O4. The molecule has 192 valence electrons. The second kappa shape index (κ2) is 10.9. The predicted octanol–water partition coefficient (Wildman–Crippen LogP) is 4.96. The van der Waals surface area contributed by atoms with Crippen LogP contribution in [-0.4, -0.2) is 40.0 Å². The van der Waals surface area contributed by atoms with Gasteiger partial charge in [0.2, 0.25) is 0 Å². The van der Waals surface area contributed by atoms with Crippen LogP contribution in [0, 0.1) is 0 Å². The van der Waals surface area contributed by atoms with E-state index in [0.717, 1.165) is 15.9 Å². The van der Waals surface area contributed by atoms with Gasteiger partial charge in [-0.2, -0.15) is 0 Å². The highest BCUT2D eigenvalue weighted by atomic mass is 19.2. The molecule has 3 aromatic rings. The summed E-state index contributed by atoms with van der Waals surface area (Å²) in [5.74, 6) is -1.77. The van der Waals surface area contributed by atoms with E-state index in [4.69, 9.17) is 4.84 Å². The lowest BCUT2D eigenvalue weighted by molar-refractivity contribution is -0.197. The number of hydrogen-bond acceptors (Lipinski definition) is 5. The van der Waals surface area contributed by atoms with E-state index >= 15 is 0 Å². The van der Waals surface area contributed by atoms with Gasteiger partial charge in [0, 0.05) is 35.5 Å². The first kappa shape index (κ1) is 25.2. The van der Waals surface area contributed by atoms with E-state index in [1.165, 1.54) is 0 Å². The number of halogens is 2. The van der Waals surface area contributed by atoms with Crippen molar-refractivity contribution in [3.8, 4) is 0 Å². The number of aromatic amines is 1. The fraction of sp³-hybridized carbons (Fsp3) is 0.179. The average molecular weight is 515 g/mol. The summed E-state index contributed by atoms with van der Waals surface area (Å²) in [6.45, 7) is 0. The third kappa shape index (κ3) is 5.29. The molecule has 1 saturated heterocycles. The highest BCUT2D eigenvalue weighted by Crippen LogP contribution is 2.43. The SMILES string of the molecule is O=C(CCc1ccc(/C=C2/C(c3ccccc3)=CC(c3ccccc3)N2B(F)F)[nH]1)ON1C(=O)CCC1=O. The predicted molar refractivity (Wildman–Crippen MR) is 138 cm³/mol. The first-order valence-corrected chi connectivity index (χ1v) is 12.3. The summed E-state index contributed by atoms with van der Waals surface area (Å²) in [4.78, 5) is 44.6. The number of aromatic nitrogens is 1. The van der Waals surface area contributed by atoms with Gasteiger partial charge in [0.1, 0.15) is 0 Å². The molecule has 2 aliphatic heterocycles. The van der Waals surface area contributed by atoms with Gasteiger partial charge in [-0.15, -0.1) is 5.06 Å². The number of carbonyl (C=O) groups excluding carboxylic acids is 3. The largest absolute Gasteiger partial charge is 0.674 e. The Labute approximate surface area is 218 Å². The highest BCUT2D eigenvalue weighted by molar-refractivity contribution is 6.41. The molecule has 5 rings (SSSR count). The Kier molecular flexibility index (Phi) is 7.21. The Morgan fingerprint density at radius 1 is 0.974 bits per heavy atom. The molecule has 7 nitrogen and oxygen atoms in total. The number of allylic oxidation sites excluding steroid dienone is 1. The van der Waals surface area contributed by atoms with Gasteiger partial charge in [0.15, 0.2) is 0 Å². The molecule has 0 bridgehead atoms. The fourth-order valence-electron chi connectivity index (χ4n) is 4.64. The molecule has 1 aromatic heterocycles. The number of nitrogens with zero attached hydrogens (tertiary/aromatic N) is 2. The van der Waals surface area contributed by atoms with E-state index in [1.54, 1.807) is 18.2 Å². The summed E-state index contributed by atoms with van der Waals surface area (Å²) >= 11 is 0. The summed E-state index contributed by atoms with van der Waals surface area (Å²) in [7, 11) is -2.75. The minimum atomic E-state index is -2.75. The first-order chi connectivity index (χ1) is 18.4. The maximum atomic E-state index is 14.5. The topological polar surface area (TPSA) is 82.7 Å². The molecule has 0 saturated carbocycles. The van der Waals surface area contributed by atoms with Crippen molar-refractivity contribution < 1.29 is 27.9 Å². The zero-order chi connectivity index (χ0) is 26.6. The molecule has 0 aliphatic carbocycles. The Morgan fingerprint density at radius 3 is 2.29 bits per heavy atom. The van der Waals surface area contributed by atoms with E-state index in [-0.39, 0.29) is 25.7 Å². The van der Waals surface area contributed by atoms with Crippen LogP contribution in [0.25, 0.3) is 11.6 Å². The lowest BCUT2D eigenvalue weighted by Gasteiger charge is -2.26. The van der Waals surface area contributed by atoms with Gasteiger partial charge >= 0.3 is 13.4 Å². The van der Waals surface area contributed by atoms with Crippen molar-refractivity contribution >= 4 is 36.8 Å². The molecular weight excluding hydrogens is 491 g/mol. The number of hydroxylamine groups is 2. The average Bonchev–Trinajstić information content (AvgIpc) is 3.62. The Hall–Kier alpha value is -4.47. The molecule has 1 unspecified atom stereocenters. The number of H-pyrrole nitrogens is 1. The minimum absolute atomic E-state index is 0.0287. The Bertz CT molecular complexity index is 1390. The van der Waals surface area contributed by atoms with Crippen LogP contribution >= 0.6 is 0 Å². The Balaban J connectivity index is 1.37. The molecule has 38 heavy (non-hydrogen) atoms. The normalized spacial score (nSPS) is 18.3. The van der Waals surface area contributed by atoms with Crippen molar-refractivity contribution in [2.24, 2.45) is 0 Å². The molecule has 10 heteroatoms. The molecule has 3 heterocycles. The maximum Gasteiger partial charge on any atom is 0.674 e. The number of hydrogen-bond donors (Lipinski definition) is 1. The maximum absolute atomic E-state index is 14.5. The molecule has 0 radical (unpaired) electrons. The van der Waals surface area contributed by atoms with Crippen molar-refractivity contribution in [1.29, 1.82) is 0 Å². The van der Waals surface area contributed by atoms with Crippen LogP contribution in [0.15, 0.2) is 84.6 Å². The molecule has 2 aromatic carbocycles. The smallest absolute Gasteiger partial charge is 0.359 e. The third-order valence-electron chi connectivity index (χ3n) is 6.47. The second-order valence-corrected chi connectivity index (χ2v) is 9.00. The summed E-state index contributed by atoms with van der Waals surface area (Å²) in [6.07, 6.45) is 3.77. The van der Waals surface area contributed by atoms with Gasteiger partial charge in [-0.3, -0.25) is 18.2 Å². The monoisotopic (exact) mass is 515 g/mol. The second-order valence-electron chi connectivity index (χ2n) is 9.00. The highest BCUT2D eigenvalue weighted by Gasteiger charge is 2.40. The van der Waals surface area contributed by atoms with E-state index in [9.17, 15) is 23.0 Å². The van der Waals surface area contributed by atoms with Gasteiger partial charge in [0.05, 0.1) is 12.5 Å². The van der Waals surface area contributed by atoms with E-state index in [2.05, 4.69) is 4.98 Å². The lowest BCUT2D eigenvalue weighted by atomic mass is 10.0. The van der Waals surface area contributed by atoms with Crippen molar-refractivity contribution in [2.75, 3.05) is 0 Å². The standard InChI is InChI=1S/C28H24BF2N3O4/c30-29(31)33-24(20-9-5-2-6-10-20)18-23(19-7-3-1-4-8-19)25(33)17-22-12-11-21(32-22)13-16-28(37)38-34-26(35)14-15-27(34)36/h1-12,17-18,24,32H,13-16H2/b25-17-. The Morgan fingerprint density at radius 2 is 1.63 bits per heavy atom. The number of benzene rings is 2. The third-order valence-corrected chi connectivity index (χ3v) is 6.47. The van der Waals surface area contributed by atoms with Crippen LogP contribution in [0.5, 0.6) is 0 Å². The van der Waals surface area contributed by atoms with Crippen LogP contribution in [0.4, 0.5) is 8.63 Å². The van der Waals surface area contributed by atoms with Crippen LogP contribution in [0.1, 0.15) is 47.8 Å². The fourth-order valence-corrected chi connectivity index (χ4v) is 4.64. The van der Waals surface area contributed by atoms with E-state index in [1.807, 2.05) is 66.7 Å². The van der Waals surface area contributed by atoms with E-state index < -0.39 is 31.2 Å². The van der Waals surface area contributed by atoms with Gasteiger partial charge < -0.3 is 14.6 Å². The summed E-state index contributed by atoms with van der Waals surface area (Å²) in [5, 5.41) is 0.520. The van der Waals surface area contributed by atoms with Gasteiger partial charge in [0.25, 0.3) is 11.8 Å². The number of amides is 2. The quantitative estimate of drug-likeness (QED) is 0.339. The van der Waals surface area contributed by atoms with Gasteiger partial charge in [-0.25, -0.2) is 4.79 Å². The number of carbonyl (C=O) groups is 3. The molecule has 1 atom stereocenters. The van der Waals surface area contributed by atoms with Gasteiger partial charge in [-0.05, 0) is 41.8 Å². The van der Waals surface area contributed by atoms with Crippen LogP contribution < -0.4 is 0 Å². The summed E-state index contributed by atoms with van der Waals surface area (Å²) in [6, 6.07) is 21.4. The molecule has 2 amide bonds. The first-order valence-electron chi connectivity index (χ1n) is 12.3. The van der Waals surface area contributed by atoms with Crippen molar-refractivity contribution in [3.63, 3.8) is 0 Å². The van der Waals surface area contributed by atoms with Crippen molar-refractivity contribution in [2.45, 2.75) is 31.7 Å². The van der Waals surface area contributed by atoms with Crippen molar-refractivity contribution in [3.05, 3.63) is 107 Å². The molecule has 1 N–H and O–H groups in total. The van der Waals surface area contributed by atoms with Crippen molar-refractivity contribution in [1.82, 2.24) is 14.9 Å². The number of nitrogens with one attached hydrogen (secondary N) is 1. The molecule has 0 spiro atoms. The van der Waals surface area contributed by atoms with Gasteiger partial charge in [-0.1, -0.05) is 60.7 Å². The zero-order valence-corrected chi connectivity index (χ0v) is 20.3. The lowest BCUT2D eigenvalue weighted by Crippen LogP contribution is -2.32. The number of imide groups is 1. The zero-order valence-electron chi connectivity index (χ0n) is 20.3. The number of rotatable bonds is 8. The minimum Gasteiger partial charge on any atom is -0.359 e. The van der Waals surface area contributed by atoms with Crippen LogP contribution in [0.3, 0.4) is 0 Å². The number of aryl methyl sites for hydroxylation is 1. The van der Waals surface area contributed by atoms with Crippen LogP contribution in [-0.2, 0) is 25.6 Å². The van der Waals surface area contributed by atoms with E-state index in [0.29, 0.717) is 27.7 Å². The summed E-state index contributed by atoms with van der Waals surface area (Å²) in [5.41, 5.74) is 3.92. The molecule has 1 fully saturated rings.